The molecule has 0 aliphatic rings. The van der Waals surface area contributed by atoms with Gasteiger partial charge in [0.15, 0.2) is 5.43 Å². The Labute approximate surface area is 149 Å². The van der Waals surface area contributed by atoms with Gasteiger partial charge in [-0.2, -0.15) is 0 Å². The topological polar surface area (TPSA) is 70.0 Å². The van der Waals surface area contributed by atoms with Crippen molar-refractivity contribution in [2.45, 2.75) is 0 Å². The van der Waals surface area contributed by atoms with Gasteiger partial charge in [0.1, 0.15) is 12.4 Å². The molecule has 0 aliphatic carbocycles. The first-order valence-corrected chi connectivity index (χ1v) is 9.07. The van der Waals surface area contributed by atoms with Crippen molar-refractivity contribution < 1.29 is 14.9 Å². The number of aliphatic hydroxyl groups excluding tert-OH is 2. The summed E-state index contributed by atoms with van der Waals surface area (Å²) in [5.74, 6) is 0.693. The normalized spacial score (nSPS) is 11.5. The van der Waals surface area contributed by atoms with Gasteiger partial charge in [-0.25, -0.2) is 0 Å². The third kappa shape index (κ3) is 3.99. The van der Waals surface area contributed by atoms with Crippen molar-refractivity contribution >= 4 is 31.5 Å². The van der Waals surface area contributed by atoms with E-state index in [1.54, 1.807) is 11.3 Å². The third-order valence-electron chi connectivity index (χ3n) is 4.06. The maximum atomic E-state index is 12.7. The van der Waals surface area contributed by atoms with Crippen LogP contribution in [-0.4, -0.2) is 54.6 Å². The van der Waals surface area contributed by atoms with E-state index < -0.39 is 0 Å². The SMILES string of the molecule is O=c1c2ccccc2sc2c(OCCN(CCO)CCO)cccc12. The predicted molar refractivity (Wildman–Crippen MR) is 102 cm³/mol. The quantitative estimate of drug-likeness (QED) is 0.603. The lowest BCUT2D eigenvalue weighted by Gasteiger charge is -2.20. The molecule has 1 aromatic heterocycles. The zero-order chi connectivity index (χ0) is 17.6. The number of fused-ring (bicyclic) bond motifs is 2. The smallest absolute Gasteiger partial charge is 0.196 e. The van der Waals surface area contributed by atoms with Crippen molar-refractivity contribution in [3.63, 3.8) is 0 Å². The Hall–Kier alpha value is -1.99. The maximum absolute atomic E-state index is 12.7. The van der Waals surface area contributed by atoms with Crippen molar-refractivity contribution in [1.82, 2.24) is 4.90 Å². The van der Waals surface area contributed by atoms with Crippen LogP contribution in [0.5, 0.6) is 5.75 Å². The van der Waals surface area contributed by atoms with Crippen molar-refractivity contribution in [2.24, 2.45) is 0 Å². The third-order valence-corrected chi connectivity index (χ3v) is 5.27. The van der Waals surface area contributed by atoms with Gasteiger partial charge >= 0.3 is 0 Å². The number of nitrogens with zero attached hydrogens (tertiary/aromatic N) is 1. The van der Waals surface area contributed by atoms with Crippen LogP contribution in [0.1, 0.15) is 0 Å². The Morgan fingerprint density at radius 1 is 0.920 bits per heavy atom. The van der Waals surface area contributed by atoms with Crippen molar-refractivity contribution in [3.8, 4) is 5.75 Å². The van der Waals surface area contributed by atoms with Gasteiger partial charge in [0.05, 0.1) is 17.9 Å². The van der Waals surface area contributed by atoms with Crippen LogP contribution in [0.2, 0.25) is 0 Å². The number of aliphatic hydroxyl groups is 2. The van der Waals surface area contributed by atoms with Gasteiger partial charge < -0.3 is 14.9 Å². The summed E-state index contributed by atoms with van der Waals surface area (Å²) in [4.78, 5) is 14.6. The molecular weight excluding hydrogens is 338 g/mol. The van der Waals surface area contributed by atoms with Gasteiger partial charge in [0.25, 0.3) is 0 Å². The molecule has 0 saturated carbocycles. The largest absolute Gasteiger partial charge is 0.491 e. The number of hydrogen-bond acceptors (Lipinski definition) is 6. The zero-order valence-corrected chi connectivity index (χ0v) is 14.7. The van der Waals surface area contributed by atoms with E-state index in [1.807, 2.05) is 47.4 Å². The van der Waals surface area contributed by atoms with Crippen molar-refractivity contribution in [3.05, 3.63) is 52.7 Å². The molecule has 5 nitrogen and oxygen atoms in total. The molecule has 0 radical (unpaired) electrons. The highest BCUT2D eigenvalue weighted by molar-refractivity contribution is 7.24. The molecule has 0 aliphatic heterocycles. The minimum atomic E-state index is 0.0250. The molecule has 3 rings (SSSR count). The highest BCUT2D eigenvalue weighted by Gasteiger charge is 2.10. The van der Waals surface area contributed by atoms with Gasteiger partial charge in [0.2, 0.25) is 0 Å². The predicted octanol–water partition coefficient (Wildman–Crippen LogP) is 2.08. The van der Waals surface area contributed by atoms with E-state index in [0.29, 0.717) is 37.4 Å². The molecule has 0 amide bonds. The summed E-state index contributed by atoms with van der Waals surface area (Å²) in [7, 11) is 0. The summed E-state index contributed by atoms with van der Waals surface area (Å²) in [5, 5.41) is 19.5. The van der Waals surface area contributed by atoms with E-state index in [9.17, 15) is 4.79 Å². The first kappa shape index (κ1) is 17.8. The summed E-state index contributed by atoms with van der Waals surface area (Å²) in [6.45, 7) is 2.10. The molecule has 0 saturated heterocycles. The summed E-state index contributed by atoms with van der Waals surface area (Å²) >= 11 is 1.55. The molecule has 0 spiro atoms. The lowest BCUT2D eigenvalue weighted by atomic mass is 10.2. The van der Waals surface area contributed by atoms with Crippen LogP contribution < -0.4 is 10.2 Å². The summed E-state index contributed by atoms with van der Waals surface area (Å²) in [6.07, 6.45) is 0. The van der Waals surface area contributed by atoms with E-state index in [2.05, 4.69) is 0 Å². The molecule has 3 aromatic rings. The van der Waals surface area contributed by atoms with Crippen LogP contribution in [-0.2, 0) is 0 Å². The zero-order valence-electron chi connectivity index (χ0n) is 13.9. The second-order valence-corrected chi connectivity index (χ2v) is 6.75. The fourth-order valence-electron chi connectivity index (χ4n) is 2.81. The molecule has 1 heterocycles. The second-order valence-electron chi connectivity index (χ2n) is 5.70. The van der Waals surface area contributed by atoms with Gasteiger partial charge in [0, 0.05) is 35.1 Å². The number of ether oxygens (including phenoxy) is 1. The highest BCUT2D eigenvalue weighted by Crippen LogP contribution is 2.31. The molecule has 2 aromatic carbocycles. The molecule has 0 atom stereocenters. The van der Waals surface area contributed by atoms with Gasteiger partial charge in [-0.05, 0) is 24.3 Å². The monoisotopic (exact) mass is 359 g/mol. The minimum absolute atomic E-state index is 0.0250. The van der Waals surface area contributed by atoms with E-state index in [1.165, 1.54) is 0 Å². The fraction of sp³-hybridized carbons (Fsp3) is 0.316. The Morgan fingerprint density at radius 3 is 2.40 bits per heavy atom. The van der Waals surface area contributed by atoms with Gasteiger partial charge in [-0.15, -0.1) is 11.3 Å². The average molecular weight is 359 g/mol. The van der Waals surface area contributed by atoms with E-state index in [4.69, 9.17) is 14.9 Å². The maximum Gasteiger partial charge on any atom is 0.196 e. The summed E-state index contributed by atoms with van der Waals surface area (Å²) in [5.41, 5.74) is 0.0250. The number of rotatable bonds is 8. The molecule has 0 bridgehead atoms. The highest BCUT2D eigenvalue weighted by atomic mass is 32.1. The van der Waals surface area contributed by atoms with E-state index in [-0.39, 0.29) is 18.6 Å². The molecule has 0 unspecified atom stereocenters. The Balaban J connectivity index is 1.86. The van der Waals surface area contributed by atoms with Crippen LogP contribution >= 0.6 is 11.3 Å². The first-order valence-electron chi connectivity index (χ1n) is 8.26. The Morgan fingerprint density at radius 2 is 1.64 bits per heavy atom. The second kappa shape index (κ2) is 8.40. The van der Waals surface area contributed by atoms with Crippen LogP contribution in [0, 0.1) is 0 Å². The van der Waals surface area contributed by atoms with E-state index in [0.717, 1.165) is 14.8 Å². The molecule has 2 N–H and O–H groups in total. The van der Waals surface area contributed by atoms with Crippen molar-refractivity contribution in [2.75, 3.05) is 39.5 Å². The standard InChI is InChI=1S/C19H21NO4S/c21-11-8-20(9-12-22)10-13-24-16-6-3-5-15-18(23)14-4-1-2-7-17(14)25-19(15)16/h1-7,21-22H,8-13H2. The van der Waals surface area contributed by atoms with Crippen LogP contribution in [0.15, 0.2) is 47.3 Å². The summed E-state index contributed by atoms with van der Waals surface area (Å²) in [6, 6.07) is 13.1. The lowest BCUT2D eigenvalue weighted by Crippen LogP contribution is -2.33. The van der Waals surface area contributed by atoms with Gasteiger partial charge in [-0.3, -0.25) is 9.69 Å². The van der Waals surface area contributed by atoms with Gasteiger partial charge in [-0.1, -0.05) is 18.2 Å². The van der Waals surface area contributed by atoms with E-state index >= 15 is 0 Å². The minimum Gasteiger partial charge on any atom is -0.491 e. The van der Waals surface area contributed by atoms with Crippen molar-refractivity contribution in [1.29, 1.82) is 0 Å². The van der Waals surface area contributed by atoms with Crippen LogP contribution in [0.3, 0.4) is 0 Å². The van der Waals surface area contributed by atoms with Crippen LogP contribution in [0.4, 0.5) is 0 Å². The fourth-order valence-corrected chi connectivity index (χ4v) is 3.95. The molecule has 0 fully saturated rings. The summed E-state index contributed by atoms with van der Waals surface area (Å²) < 4.78 is 7.70. The average Bonchev–Trinajstić information content (AvgIpc) is 2.63. The Kier molecular flexibility index (Phi) is 5.99. The molecule has 132 valence electrons. The molecule has 25 heavy (non-hydrogen) atoms. The van der Waals surface area contributed by atoms with Crippen LogP contribution in [0.25, 0.3) is 20.2 Å². The number of benzene rings is 2. The Bertz CT molecular complexity index is 903. The lowest BCUT2D eigenvalue weighted by molar-refractivity contribution is 0.142. The molecule has 6 heteroatoms. The number of hydrogen-bond donors (Lipinski definition) is 2. The molecular formula is C19H21NO4S. The first-order chi connectivity index (χ1) is 12.2.